The molecule has 0 atom stereocenters. The van der Waals surface area contributed by atoms with Crippen molar-refractivity contribution < 1.29 is 10.0 Å². The SMILES string of the molecule is O=[N+]([O-])c1ccc(SNc2ccccc2O)cc1. The Balaban J connectivity index is 2.02. The molecular weight excluding hydrogens is 252 g/mol. The van der Waals surface area contributed by atoms with E-state index in [1.165, 1.54) is 24.1 Å². The summed E-state index contributed by atoms with van der Waals surface area (Å²) in [5.74, 6) is 0.159. The van der Waals surface area contributed by atoms with Crippen LogP contribution in [0, 0.1) is 10.1 Å². The van der Waals surface area contributed by atoms with Gasteiger partial charge in [0.05, 0.1) is 10.6 Å². The molecule has 0 aliphatic heterocycles. The topological polar surface area (TPSA) is 75.4 Å². The average molecular weight is 262 g/mol. The number of hydrogen-bond donors (Lipinski definition) is 2. The Labute approximate surface area is 108 Å². The van der Waals surface area contributed by atoms with E-state index in [0.29, 0.717) is 5.69 Å². The molecule has 2 N–H and O–H groups in total. The van der Waals surface area contributed by atoms with Crippen molar-refractivity contribution in [2.75, 3.05) is 4.72 Å². The summed E-state index contributed by atoms with van der Waals surface area (Å²) in [6, 6.07) is 13.0. The maximum absolute atomic E-state index is 10.5. The van der Waals surface area contributed by atoms with Gasteiger partial charge in [-0.15, -0.1) is 0 Å². The molecule has 0 saturated heterocycles. The van der Waals surface area contributed by atoms with Crippen molar-refractivity contribution in [2.24, 2.45) is 0 Å². The Bertz CT molecular complexity index is 558. The zero-order valence-corrected chi connectivity index (χ0v) is 10.1. The van der Waals surface area contributed by atoms with Gasteiger partial charge in [0.15, 0.2) is 0 Å². The van der Waals surface area contributed by atoms with Gasteiger partial charge in [0.2, 0.25) is 0 Å². The monoisotopic (exact) mass is 262 g/mol. The number of hydrogen-bond acceptors (Lipinski definition) is 5. The molecule has 92 valence electrons. The predicted molar refractivity (Wildman–Crippen MR) is 70.7 cm³/mol. The van der Waals surface area contributed by atoms with Crippen molar-refractivity contribution in [3.05, 3.63) is 58.6 Å². The lowest BCUT2D eigenvalue weighted by atomic mass is 10.3. The predicted octanol–water partition coefficient (Wildman–Crippen LogP) is 3.42. The van der Waals surface area contributed by atoms with Crippen LogP contribution < -0.4 is 4.72 Å². The largest absolute Gasteiger partial charge is 0.506 e. The molecule has 18 heavy (non-hydrogen) atoms. The molecule has 0 bridgehead atoms. The second kappa shape index (κ2) is 5.42. The first-order valence-corrected chi connectivity index (χ1v) is 5.94. The molecule has 2 rings (SSSR count). The summed E-state index contributed by atoms with van der Waals surface area (Å²) >= 11 is 1.28. The zero-order chi connectivity index (χ0) is 13.0. The molecule has 0 radical (unpaired) electrons. The number of nitrogens with zero attached hydrogens (tertiary/aromatic N) is 1. The van der Waals surface area contributed by atoms with Crippen LogP contribution in [-0.2, 0) is 0 Å². The fraction of sp³-hybridized carbons (Fsp3) is 0. The molecule has 2 aromatic rings. The van der Waals surface area contributed by atoms with Crippen molar-refractivity contribution in [1.82, 2.24) is 0 Å². The van der Waals surface area contributed by atoms with Crippen LogP contribution >= 0.6 is 11.9 Å². The zero-order valence-electron chi connectivity index (χ0n) is 9.24. The summed E-state index contributed by atoms with van der Waals surface area (Å²) in [4.78, 5) is 10.9. The number of aromatic hydroxyl groups is 1. The molecule has 0 saturated carbocycles. The number of nitrogens with one attached hydrogen (secondary N) is 1. The molecule has 6 heteroatoms. The fourth-order valence-electron chi connectivity index (χ4n) is 1.31. The van der Waals surface area contributed by atoms with Gasteiger partial charge in [-0.25, -0.2) is 0 Å². The van der Waals surface area contributed by atoms with Crippen molar-refractivity contribution in [3.63, 3.8) is 0 Å². The fourth-order valence-corrected chi connectivity index (χ4v) is 1.98. The van der Waals surface area contributed by atoms with Gasteiger partial charge in [0.1, 0.15) is 5.75 Å². The van der Waals surface area contributed by atoms with Crippen LogP contribution in [0.1, 0.15) is 0 Å². The number of anilines is 1. The summed E-state index contributed by atoms with van der Waals surface area (Å²) < 4.78 is 2.97. The van der Waals surface area contributed by atoms with Gasteiger partial charge in [-0.3, -0.25) is 10.1 Å². The highest BCUT2D eigenvalue weighted by Crippen LogP contribution is 2.28. The van der Waals surface area contributed by atoms with Crippen molar-refractivity contribution >= 4 is 23.3 Å². The number of nitro benzene ring substituents is 1. The van der Waals surface area contributed by atoms with Crippen LogP contribution in [0.25, 0.3) is 0 Å². The van der Waals surface area contributed by atoms with Crippen LogP contribution in [-0.4, -0.2) is 10.0 Å². The number of rotatable bonds is 4. The standard InChI is InChI=1S/C12H10N2O3S/c15-12-4-2-1-3-11(12)13-18-10-7-5-9(6-8-10)14(16)17/h1-8,13,15H. The molecular formula is C12H10N2O3S. The average Bonchev–Trinajstić information content (AvgIpc) is 2.38. The Morgan fingerprint density at radius 2 is 1.78 bits per heavy atom. The first kappa shape index (κ1) is 12.3. The van der Waals surface area contributed by atoms with E-state index in [2.05, 4.69) is 4.72 Å². The van der Waals surface area contributed by atoms with Crippen molar-refractivity contribution in [2.45, 2.75) is 4.90 Å². The van der Waals surface area contributed by atoms with Crippen LogP contribution in [0.2, 0.25) is 0 Å². The van der Waals surface area contributed by atoms with E-state index in [1.54, 1.807) is 36.4 Å². The Morgan fingerprint density at radius 3 is 2.39 bits per heavy atom. The van der Waals surface area contributed by atoms with Crippen LogP contribution in [0.15, 0.2) is 53.4 Å². The molecule has 2 aromatic carbocycles. The van der Waals surface area contributed by atoms with E-state index >= 15 is 0 Å². The summed E-state index contributed by atoms with van der Waals surface area (Å²) in [5.41, 5.74) is 0.655. The molecule has 5 nitrogen and oxygen atoms in total. The third-order valence-corrected chi connectivity index (χ3v) is 3.06. The number of phenols is 1. The van der Waals surface area contributed by atoms with Crippen LogP contribution in [0.3, 0.4) is 0 Å². The maximum Gasteiger partial charge on any atom is 0.269 e. The molecule has 0 amide bonds. The maximum atomic E-state index is 10.5. The molecule has 0 spiro atoms. The van der Waals surface area contributed by atoms with Crippen molar-refractivity contribution in [3.8, 4) is 5.75 Å². The van der Waals surface area contributed by atoms with E-state index in [0.717, 1.165) is 4.90 Å². The van der Waals surface area contributed by atoms with Crippen LogP contribution in [0.5, 0.6) is 5.75 Å². The number of benzene rings is 2. The minimum atomic E-state index is -0.440. The van der Waals surface area contributed by atoms with Gasteiger partial charge in [-0.05, 0) is 36.2 Å². The number of phenolic OH excluding ortho intramolecular Hbond substituents is 1. The first-order valence-electron chi connectivity index (χ1n) is 5.12. The minimum absolute atomic E-state index is 0.0573. The van der Waals surface area contributed by atoms with E-state index in [4.69, 9.17) is 0 Å². The van der Waals surface area contributed by atoms with Gasteiger partial charge in [-0.1, -0.05) is 12.1 Å². The second-order valence-electron chi connectivity index (χ2n) is 3.47. The number of non-ortho nitro benzene ring substituents is 1. The van der Waals surface area contributed by atoms with Gasteiger partial charge < -0.3 is 9.83 Å². The van der Waals surface area contributed by atoms with Crippen molar-refractivity contribution in [1.29, 1.82) is 0 Å². The summed E-state index contributed by atoms with van der Waals surface area (Å²) in [5, 5.41) is 20.0. The molecule has 0 heterocycles. The molecule has 0 aliphatic rings. The lowest BCUT2D eigenvalue weighted by Crippen LogP contribution is -1.89. The molecule has 0 aromatic heterocycles. The summed E-state index contributed by atoms with van der Waals surface area (Å²) in [6.45, 7) is 0. The number of para-hydroxylation sites is 2. The summed E-state index contributed by atoms with van der Waals surface area (Å²) in [7, 11) is 0. The normalized spacial score (nSPS) is 10.0. The van der Waals surface area contributed by atoms with Gasteiger partial charge in [0, 0.05) is 17.0 Å². The Hall–Kier alpha value is -2.21. The quantitative estimate of drug-likeness (QED) is 0.382. The first-order chi connectivity index (χ1) is 8.66. The highest BCUT2D eigenvalue weighted by Gasteiger charge is 2.05. The molecule has 0 fully saturated rings. The van der Waals surface area contributed by atoms with Gasteiger partial charge >= 0.3 is 0 Å². The van der Waals surface area contributed by atoms with E-state index in [1.807, 2.05) is 0 Å². The van der Waals surface area contributed by atoms with Gasteiger partial charge in [-0.2, -0.15) is 0 Å². The van der Waals surface area contributed by atoms with E-state index < -0.39 is 4.92 Å². The third-order valence-electron chi connectivity index (χ3n) is 2.23. The van der Waals surface area contributed by atoms with E-state index in [9.17, 15) is 15.2 Å². The lowest BCUT2D eigenvalue weighted by molar-refractivity contribution is -0.384. The summed E-state index contributed by atoms with van der Waals surface area (Å²) in [6.07, 6.45) is 0. The Kier molecular flexibility index (Phi) is 3.69. The highest BCUT2D eigenvalue weighted by atomic mass is 32.2. The third kappa shape index (κ3) is 2.92. The molecule has 0 aliphatic carbocycles. The lowest BCUT2D eigenvalue weighted by Gasteiger charge is -2.06. The number of nitro groups is 1. The minimum Gasteiger partial charge on any atom is -0.506 e. The van der Waals surface area contributed by atoms with Gasteiger partial charge in [0.25, 0.3) is 5.69 Å². The highest BCUT2D eigenvalue weighted by molar-refractivity contribution is 8.00. The molecule has 0 unspecified atom stereocenters. The van der Waals surface area contributed by atoms with E-state index in [-0.39, 0.29) is 11.4 Å². The second-order valence-corrected chi connectivity index (χ2v) is 4.35. The Morgan fingerprint density at radius 1 is 1.11 bits per heavy atom. The van der Waals surface area contributed by atoms with Crippen LogP contribution in [0.4, 0.5) is 11.4 Å². The smallest absolute Gasteiger partial charge is 0.269 e.